The number of nitrogens with one attached hydrogen (secondary N) is 2. The molecule has 3 rings (SSSR count). The van der Waals surface area contributed by atoms with Gasteiger partial charge >= 0.3 is 12.1 Å². The minimum atomic E-state index is -1.22. The maximum atomic E-state index is 12.6. The first-order valence-corrected chi connectivity index (χ1v) is 12.1. The monoisotopic (exact) mass is 470 g/mol. The summed E-state index contributed by atoms with van der Waals surface area (Å²) < 4.78 is 5.46. The molecule has 0 aromatic heterocycles. The molecule has 0 spiro atoms. The molecule has 8 heteroatoms. The predicted molar refractivity (Wildman–Crippen MR) is 129 cm³/mol. The number of aliphatic carboxylic acids is 1. The van der Waals surface area contributed by atoms with Crippen molar-refractivity contribution >= 4 is 29.7 Å². The molecule has 2 unspecified atom stereocenters. The Hall–Kier alpha value is -3.00. The van der Waals surface area contributed by atoms with Gasteiger partial charge in [0, 0.05) is 17.7 Å². The van der Waals surface area contributed by atoms with Gasteiger partial charge in [0.2, 0.25) is 5.91 Å². The highest BCUT2D eigenvalue weighted by Crippen LogP contribution is 2.44. The molecule has 0 radical (unpaired) electrons. The Morgan fingerprint density at radius 1 is 0.970 bits per heavy atom. The van der Waals surface area contributed by atoms with Gasteiger partial charge in [-0.3, -0.25) is 9.59 Å². The summed E-state index contributed by atoms with van der Waals surface area (Å²) in [6, 6.07) is 14.6. The fraction of sp³-hybridized carbons (Fsp3) is 0.400. The summed E-state index contributed by atoms with van der Waals surface area (Å²) in [4.78, 5) is 36.4. The molecular weight excluding hydrogens is 440 g/mol. The molecule has 2 aromatic carbocycles. The first-order valence-electron chi connectivity index (χ1n) is 11.0. The first-order chi connectivity index (χ1) is 15.8. The number of fused-ring (bicyclic) bond motifs is 3. The number of amides is 2. The number of hydrogen-bond donors (Lipinski definition) is 3. The van der Waals surface area contributed by atoms with Crippen LogP contribution >= 0.6 is 11.8 Å². The summed E-state index contributed by atoms with van der Waals surface area (Å²) in [5, 5.41) is 14.8. The Morgan fingerprint density at radius 2 is 1.55 bits per heavy atom. The molecule has 0 saturated heterocycles. The molecule has 2 aromatic rings. The Labute approximate surface area is 198 Å². The van der Waals surface area contributed by atoms with Gasteiger partial charge in [-0.15, -0.1) is 0 Å². The van der Waals surface area contributed by atoms with Crippen LogP contribution in [0.3, 0.4) is 0 Å². The standard InChI is InChI=1S/C25H30N2O5S/c1-15(2)33-14-16(3)26-24(30)22(12-23(28)29)27-25(31)32-13-21-19-10-6-4-8-17(19)18-9-5-7-11-20(18)21/h4-11,15-16,21-22H,12-14H2,1-3H3,(H,26,30)(H,27,31)(H,28,29). The van der Waals surface area contributed by atoms with Crippen molar-refractivity contribution in [2.75, 3.05) is 12.4 Å². The molecule has 7 nitrogen and oxygen atoms in total. The lowest BCUT2D eigenvalue weighted by atomic mass is 9.98. The quantitative estimate of drug-likeness (QED) is 0.485. The Kier molecular flexibility index (Phi) is 8.38. The smallest absolute Gasteiger partial charge is 0.407 e. The predicted octanol–water partition coefficient (Wildman–Crippen LogP) is 4.01. The van der Waals surface area contributed by atoms with Crippen molar-refractivity contribution in [3.05, 3.63) is 59.7 Å². The second-order valence-corrected chi connectivity index (χ2v) is 10.0. The Bertz CT molecular complexity index is 964. The zero-order valence-electron chi connectivity index (χ0n) is 19.0. The molecule has 0 aliphatic heterocycles. The van der Waals surface area contributed by atoms with E-state index in [-0.39, 0.29) is 18.6 Å². The zero-order chi connectivity index (χ0) is 24.0. The molecule has 33 heavy (non-hydrogen) atoms. The van der Waals surface area contributed by atoms with Crippen LogP contribution in [-0.4, -0.2) is 52.8 Å². The van der Waals surface area contributed by atoms with Crippen molar-refractivity contribution in [2.24, 2.45) is 0 Å². The fourth-order valence-corrected chi connectivity index (χ4v) is 4.65. The average molecular weight is 471 g/mol. The van der Waals surface area contributed by atoms with Crippen LogP contribution in [0.1, 0.15) is 44.2 Å². The maximum absolute atomic E-state index is 12.6. The lowest BCUT2D eigenvalue weighted by molar-refractivity contribution is -0.139. The summed E-state index contributed by atoms with van der Waals surface area (Å²) in [6.45, 7) is 6.05. The second kappa shape index (κ2) is 11.2. The molecule has 0 heterocycles. The molecule has 3 N–H and O–H groups in total. The number of carbonyl (C=O) groups excluding carboxylic acids is 2. The molecule has 1 aliphatic rings. The van der Waals surface area contributed by atoms with Gasteiger partial charge in [0.25, 0.3) is 0 Å². The van der Waals surface area contributed by atoms with Crippen molar-refractivity contribution in [1.82, 2.24) is 10.6 Å². The van der Waals surface area contributed by atoms with E-state index < -0.39 is 30.4 Å². The SMILES string of the molecule is CC(CSC(C)C)NC(=O)C(CC(=O)O)NC(=O)OCC1c2ccccc2-c2ccccc21. The lowest BCUT2D eigenvalue weighted by Crippen LogP contribution is -2.50. The van der Waals surface area contributed by atoms with Gasteiger partial charge in [-0.05, 0) is 34.4 Å². The molecule has 0 bridgehead atoms. The highest BCUT2D eigenvalue weighted by Gasteiger charge is 2.30. The zero-order valence-corrected chi connectivity index (χ0v) is 19.9. The molecule has 0 fully saturated rings. The number of carbonyl (C=O) groups is 3. The Morgan fingerprint density at radius 3 is 2.09 bits per heavy atom. The van der Waals surface area contributed by atoms with Gasteiger partial charge in [0.05, 0.1) is 6.42 Å². The van der Waals surface area contributed by atoms with Crippen molar-refractivity contribution in [3.63, 3.8) is 0 Å². The highest BCUT2D eigenvalue weighted by atomic mass is 32.2. The molecule has 1 aliphatic carbocycles. The number of thioether (sulfide) groups is 1. The first kappa shape index (κ1) is 24.6. The van der Waals surface area contributed by atoms with Gasteiger partial charge in [-0.2, -0.15) is 11.8 Å². The van der Waals surface area contributed by atoms with Crippen LogP contribution in [0, 0.1) is 0 Å². The molecular formula is C25H30N2O5S. The van der Waals surface area contributed by atoms with Crippen LogP contribution in [0.25, 0.3) is 11.1 Å². The van der Waals surface area contributed by atoms with Gasteiger partial charge in [0.15, 0.2) is 0 Å². The number of hydrogen-bond acceptors (Lipinski definition) is 5. The minimum absolute atomic E-state index is 0.0860. The summed E-state index contributed by atoms with van der Waals surface area (Å²) in [7, 11) is 0. The fourth-order valence-electron chi connectivity index (χ4n) is 3.89. The van der Waals surface area contributed by atoms with Gasteiger partial charge < -0.3 is 20.5 Å². The van der Waals surface area contributed by atoms with E-state index in [2.05, 4.69) is 24.5 Å². The highest BCUT2D eigenvalue weighted by molar-refractivity contribution is 7.99. The van der Waals surface area contributed by atoms with E-state index in [1.165, 1.54) is 0 Å². The summed E-state index contributed by atoms with van der Waals surface area (Å²) in [5.74, 6) is -1.15. The van der Waals surface area contributed by atoms with Gasteiger partial charge in [-0.25, -0.2) is 4.79 Å². The van der Waals surface area contributed by atoms with Crippen molar-refractivity contribution in [3.8, 4) is 11.1 Å². The number of benzene rings is 2. The van der Waals surface area contributed by atoms with Crippen molar-refractivity contribution in [2.45, 2.75) is 50.4 Å². The van der Waals surface area contributed by atoms with E-state index in [0.717, 1.165) is 22.3 Å². The van der Waals surface area contributed by atoms with Gasteiger partial charge in [0.1, 0.15) is 12.6 Å². The number of carboxylic acids is 1. The molecule has 0 saturated carbocycles. The molecule has 2 amide bonds. The summed E-state index contributed by atoms with van der Waals surface area (Å²) >= 11 is 1.69. The lowest BCUT2D eigenvalue weighted by Gasteiger charge is -2.21. The number of ether oxygens (including phenoxy) is 1. The number of carboxylic acid groups (broad SMARTS) is 1. The van der Waals surface area contributed by atoms with Crippen LogP contribution in [-0.2, 0) is 14.3 Å². The topological polar surface area (TPSA) is 105 Å². The van der Waals surface area contributed by atoms with E-state index in [1.54, 1.807) is 11.8 Å². The normalized spacial score (nSPS) is 14.2. The van der Waals surface area contributed by atoms with Crippen LogP contribution in [0.4, 0.5) is 4.79 Å². The second-order valence-electron chi connectivity index (χ2n) is 8.41. The third kappa shape index (κ3) is 6.51. The van der Waals surface area contributed by atoms with Crippen molar-refractivity contribution < 1.29 is 24.2 Å². The van der Waals surface area contributed by atoms with E-state index in [1.807, 2.05) is 55.5 Å². The largest absolute Gasteiger partial charge is 0.481 e. The van der Waals surface area contributed by atoms with E-state index >= 15 is 0 Å². The summed E-state index contributed by atoms with van der Waals surface area (Å²) in [5.41, 5.74) is 4.36. The third-order valence-corrected chi connectivity index (χ3v) is 6.76. The minimum Gasteiger partial charge on any atom is -0.481 e. The van der Waals surface area contributed by atoms with Crippen LogP contribution in [0.5, 0.6) is 0 Å². The van der Waals surface area contributed by atoms with E-state index in [9.17, 15) is 19.5 Å². The third-order valence-electron chi connectivity index (χ3n) is 5.40. The number of rotatable bonds is 10. The van der Waals surface area contributed by atoms with Crippen molar-refractivity contribution in [1.29, 1.82) is 0 Å². The Balaban J connectivity index is 1.62. The van der Waals surface area contributed by atoms with E-state index in [4.69, 9.17) is 4.74 Å². The van der Waals surface area contributed by atoms with Crippen LogP contribution in [0.2, 0.25) is 0 Å². The average Bonchev–Trinajstić information content (AvgIpc) is 3.09. The van der Waals surface area contributed by atoms with Gasteiger partial charge in [-0.1, -0.05) is 62.4 Å². The summed E-state index contributed by atoms with van der Waals surface area (Å²) in [6.07, 6.45) is -1.34. The maximum Gasteiger partial charge on any atom is 0.407 e. The van der Waals surface area contributed by atoms with E-state index in [0.29, 0.717) is 11.0 Å². The van der Waals surface area contributed by atoms with Crippen LogP contribution < -0.4 is 10.6 Å². The molecule has 176 valence electrons. The van der Waals surface area contributed by atoms with Crippen LogP contribution in [0.15, 0.2) is 48.5 Å². The number of alkyl carbamates (subject to hydrolysis) is 1. The molecule has 2 atom stereocenters.